The zero-order chi connectivity index (χ0) is 10.7. The quantitative estimate of drug-likeness (QED) is 0.621. The summed E-state index contributed by atoms with van der Waals surface area (Å²) in [6, 6.07) is -0.227. The first-order valence-electron chi connectivity index (χ1n) is 4.87. The lowest BCUT2D eigenvalue weighted by atomic mass is 10.1. The molecule has 1 atom stereocenters. The van der Waals surface area contributed by atoms with Crippen LogP contribution in [0.15, 0.2) is 12.4 Å². The molecular weight excluding hydrogens is 194 g/mol. The molecule has 1 aromatic rings. The average Bonchev–Trinajstić information content (AvgIpc) is 2.22. The van der Waals surface area contributed by atoms with Crippen LogP contribution in [-0.4, -0.2) is 28.5 Å². The molecule has 0 saturated carbocycles. The summed E-state index contributed by atoms with van der Waals surface area (Å²) >= 11 is 0. The Morgan fingerprint density at radius 2 is 2.40 bits per heavy atom. The number of nitrogens with zero attached hydrogens (tertiary/aromatic N) is 2. The predicted octanol–water partition coefficient (Wildman–Crippen LogP) is -0.251. The van der Waals surface area contributed by atoms with Gasteiger partial charge < -0.3 is 16.4 Å². The van der Waals surface area contributed by atoms with Crippen LogP contribution in [0.1, 0.15) is 12.8 Å². The summed E-state index contributed by atoms with van der Waals surface area (Å²) in [6.45, 7) is 0.750. The first-order chi connectivity index (χ1) is 7.25. The number of amides is 1. The molecule has 0 aliphatic carbocycles. The van der Waals surface area contributed by atoms with Gasteiger partial charge in [0.15, 0.2) is 0 Å². The first kappa shape index (κ1) is 9.70. The van der Waals surface area contributed by atoms with Crippen molar-refractivity contribution in [3.63, 3.8) is 0 Å². The first-order valence-corrected chi connectivity index (χ1v) is 4.87. The Morgan fingerprint density at radius 3 is 3.13 bits per heavy atom. The van der Waals surface area contributed by atoms with Crippen molar-refractivity contribution < 1.29 is 4.79 Å². The molecular formula is C9H13N5O. The maximum atomic E-state index is 11.4. The van der Waals surface area contributed by atoms with Crippen LogP contribution in [0.2, 0.25) is 0 Å². The van der Waals surface area contributed by atoms with E-state index < -0.39 is 0 Å². The van der Waals surface area contributed by atoms with Gasteiger partial charge in [-0.3, -0.25) is 9.78 Å². The number of aromatic nitrogens is 2. The van der Waals surface area contributed by atoms with Gasteiger partial charge in [0.05, 0.1) is 12.4 Å². The van der Waals surface area contributed by atoms with Crippen molar-refractivity contribution in [2.24, 2.45) is 0 Å². The number of anilines is 2. The third-order valence-electron chi connectivity index (χ3n) is 2.26. The Hall–Kier alpha value is -1.85. The van der Waals surface area contributed by atoms with Gasteiger partial charge in [-0.2, -0.15) is 0 Å². The zero-order valence-electron chi connectivity index (χ0n) is 8.23. The number of hydrogen-bond donors (Lipinski definition) is 3. The maximum absolute atomic E-state index is 11.4. The summed E-state index contributed by atoms with van der Waals surface area (Å²) in [5.41, 5.74) is 5.48. The smallest absolute Gasteiger partial charge is 0.242 e. The van der Waals surface area contributed by atoms with Crippen LogP contribution >= 0.6 is 0 Å². The lowest BCUT2D eigenvalue weighted by Crippen LogP contribution is -2.44. The third-order valence-corrected chi connectivity index (χ3v) is 2.26. The molecule has 15 heavy (non-hydrogen) atoms. The van der Waals surface area contributed by atoms with Crippen LogP contribution in [0.4, 0.5) is 11.6 Å². The molecule has 1 unspecified atom stereocenters. The van der Waals surface area contributed by atoms with E-state index in [1.54, 1.807) is 6.20 Å². The molecule has 6 nitrogen and oxygen atoms in total. The molecule has 1 amide bonds. The Labute approximate surface area is 87.3 Å². The largest absolute Gasteiger partial charge is 0.382 e. The minimum atomic E-state index is -0.227. The van der Waals surface area contributed by atoms with Crippen LogP contribution in [0, 0.1) is 0 Å². The molecule has 0 spiro atoms. The third kappa shape index (κ3) is 2.34. The van der Waals surface area contributed by atoms with Crippen LogP contribution in [0.25, 0.3) is 0 Å². The van der Waals surface area contributed by atoms with E-state index in [0.717, 1.165) is 19.4 Å². The number of hydrogen-bond acceptors (Lipinski definition) is 5. The second kappa shape index (κ2) is 4.12. The van der Waals surface area contributed by atoms with Crippen LogP contribution in [0.5, 0.6) is 0 Å². The van der Waals surface area contributed by atoms with Crippen LogP contribution < -0.4 is 16.4 Å². The average molecular weight is 207 g/mol. The molecule has 1 saturated heterocycles. The van der Waals surface area contributed by atoms with Crippen molar-refractivity contribution in [1.29, 1.82) is 0 Å². The number of rotatable bonds is 2. The summed E-state index contributed by atoms with van der Waals surface area (Å²) in [4.78, 5) is 19.3. The highest BCUT2D eigenvalue weighted by Crippen LogP contribution is 2.10. The van der Waals surface area contributed by atoms with Crippen LogP contribution in [0.3, 0.4) is 0 Å². The lowest BCUT2D eigenvalue weighted by molar-refractivity contribution is -0.123. The molecule has 0 radical (unpaired) electrons. The molecule has 2 heterocycles. The van der Waals surface area contributed by atoms with E-state index in [2.05, 4.69) is 20.6 Å². The van der Waals surface area contributed by atoms with E-state index in [1.165, 1.54) is 6.20 Å². The number of carbonyl (C=O) groups excluding carboxylic acids is 1. The van der Waals surface area contributed by atoms with Gasteiger partial charge >= 0.3 is 0 Å². The Morgan fingerprint density at radius 1 is 1.53 bits per heavy atom. The molecule has 4 N–H and O–H groups in total. The standard InChI is InChI=1S/C9H13N5O/c10-7-4-11-5-8(14-7)13-6-2-1-3-12-9(6)15/h4-6H,1-3H2,(H,12,15)(H3,10,13,14). The fourth-order valence-electron chi connectivity index (χ4n) is 1.54. The number of nitrogens with one attached hydrogen (secondary N) is 2. The molecule has 1 aromatic heterocycles. The summed E-state index contributed by atoms with van der Waals surface area (Å²) in [6.07, 6.45) is 4.80. The molecule has 2 rings (SSSR count). The van der Waals surface area contributed by atoms with Crippen LogP contribution in [-0.2, 0) is 4.79 Å². The van der Waals surface area contributed by atoms with E-state index in [-0.39, 0.29) is 11.9 Å². The minimum Gasteiger partial charge on any atom is -0.382 e. The maximum Gasteiger partial charge on any atom is 0.242 e. The highest BCUT2D eigenvalue weighted by molar-refractivity contribution is 5.84. The van der Waals surface area contributed by atoms with E-state index >= 15 is 0 Å². The van der Waals surface area contributed by atoms with Gasteiger partial charge in [0.2, 0.25) is 5.91 Å². The Bertz CT molecular complexity index is 367. The molecule has 1 fully saturated rings. The highest BCUT2D eigenvalue weighted by atomic mass is 16.2. The molecule has 0 bridgehead atoms. The van der Waals surface area contributed by atoms with Crippen molar-refractivity contribution in [2.45, 2.75) is 18.9 Å². The summed E-state index contributed by atoms with van der Waals surface area (Å²) < 4.78 is 0. The van der Waals surface area contributed by atoms with E-state index in [4.69, 9.17) is 5.73 Å². The van der Waals surface area contributed by atoms with Gasteiger partial charge in [0.25, 0.3) is 0 Å². The predicted molar refractivity (Wildman–Crippen MR) is 56.1 cm³/mol. The second-order valence-electron chi connectivity index (χ2n) is 3.46. The fourth-order valence-corrected chi connectivity index (χ4v) is 1.54. The number of nitrogen functional groups attached to an aromatic ring is 1. The monoisotopic (exact) mass is 207 g/mol. The Kier molecular flexibility index (Phi) is 2.66. The van der Waals surface area contributed by atoms with Gasteiger partial charge in [0, 0.05) is 6.54 Å². The molecule has 1 aliphatic rings. The van der Waals surface area contributed by atoms with Crippen molar-refractivity contribution in [3.05, 3.63) is 12.4 Å². The fraction of sp³-hybridized carbons (Fsp3) is 0.444. The number of nitrogens with two attached hydrogens (primary N) is 1. The van der Waals surface area contributed by atoms with Crippen molar-refractivity contribution in [3.8, 4) is 0 Å². The normalized spacial score (nSPS) is 20.8. The van der Waals surface area contributed by atoms with Gasteiger partial charge in [-0.1, -0.05) is 0 Å². The second-order valence-corrected chi connectivity index (χ2v) is 3.46. The minimum absolute atomic E-state index is 0.00507. The molecule has 6 heteroatoms. The number of carbonyl (C=O) groups is 1. The molecule has 1 aliphatic heterocycles. The molecule has 0 aromatic carbocycles. The van der Waals surface area contributed by atoms with Gasteiger partial charge in [-0.15, -0.1) is 0 Å². The summed E-state index contributed by atoms with van der Waals surface area (Å²) in [5, 5.41) is 5.79. The highest BCUT2D eigenvalue weighted by Gasteiger charge is 2.21. The van der Waals surface area contributed by atoms with E-state index in [0.29, 0.717) is 11.6 Å². The van der Waals surface area contributed by atoms with E-state index in [9.17, 15) is 4.79 Å². The topological polar surface area (TPSA) is 92.9 Å². The molecule has 80 valence electrons. The van der Waals surface area contributed by atoms with Gasteiger partial charge in [0.1, 0.15) is 17.7 Å². The van der Waals surface area contributed by atoms with E-state index in [1.807, 2.05) is 0 Å². The van der Waals surface area contributed by atoms with Gasteiger partial charge in [-0.05, 0) is 12.8 Å². The Balaban J connectivity index is 2.04. The zero-order valence-corrected chi connectivity index (χ0v) is 8.23. The van der Waals surface area contributed by atoms with Crippen molar-refractivity contribution in [1.82, 2.24) is 15.3 Å². The van der Waals surface area contributed by atoms with Gasteiger partial charge in [-0.25, -0.2) is 4.98 Å². The summed E-state index contributed by atoms with van der Waals surface area (Å²) in [5.74, 6) is 0.888. The van der Waals surface area contributed by atoms with Crippen molar-refractivity contribution >= 4 is 17.5 Å². The summed E-state index contributed by atoms with van der Waals surface area (Å²) in [7, 11) is 0. The lowest BCUT2D eigenvalue weighted by Gasteiger charge is -2.22. The number of piperidine rings is 1. The SMILES string of the molecule is Nc1cncc(NC2CCCNC2=O)n1. The van der Waals surface area contributed by atoms with Crippen molar-refractivity contribution in [2.75, 3.05) is 17.6 Å².